The van der Waals surface area contributed by atoms with Crippen molar-refractivity contribution in [3.05, 3.63) is 11.6 Å². The minimum atomic E-state index is -0.718. The van der Waals surface area contributed by atoms with Crippen molar-refractivity contribution in [3.8, 4) is 0 Å². The van der Waals surface area contributed by atoms with Crippen LogP contribution in [0.15, 0.2) is 0 Å². The molecule has 1 aromatic rings. The first kappa shape index (κ1) is 14.5. The molecule has 6 nitrogen and oxygen atoms in total. The van der Waals surface area contributed by atoms with E-state index in [2.05, 4.69) is 15.4 Å². The minimum Gasteiger partial charge on any atom is -0.480 e. The van der Waals surface area contributed by atoms with Crippen molar-refractivity contribution >= 4 is 5.97 Å². The first-order valence-corrected chi connectivity index (χ1v) is 7.90. The van der Waals surface area contributed by atoms with Crippen LogP contribution in [0.4, 0.5) is 0 Å². The fourth-order valence-electron chi connectivity index (χ4n) is 3.65. The number of nitrogens with zero attached hydrogens (tertiary/aromatic N) is 3. The summed E-state index contributed by atoms with van der Waals surface area (Å²) in [6.45, 7) is 4.58. The number of nitrogens with one attached hydrogen (secondary N) is 1. The average molecular weight is 292 g/mol. The largest absolute Gasteiger partial charge is 0.480 e. The summed E-state index contributed by atoms with van der Waals surface area (Å²) in [5.41, 5.74) is -0.718. The van der Waals surface area contributed by atoms with E-state index in [0.717, 1.165) is 56.7 Å². The van der Waals surface area contributed by atoms with E-state index >= 15 is 0 Å². The molecule has 116 valence electrons. The molecule has 0 bridgehead atoms. The smallest absolute Gasteiger partial charge is 0.324 e. The predicted octanol–water partition coefficient (Wildman–Crippen LogP) is 1.66. The zero-order valence-corrected chi connectivity index (χ0v) is 12.8. The Labute approximate surface area is 124 Å². The molecule has 2 N–H and O–H groups in total. The van der Waals surface area contributed by atoms with Gasteiger partial charge in [0, 0.05) is 12.6 Å². The first-order chi connectivity index (χ1) is 10.0. The molecule has 0 aliphatic heterocycles. The van der Waals surface area contributed by atoms with Gasteiger partial charge in [0.05, 0.1) is 0 Å². The first-order valence-electron chi connectivity index (χ1n) is 7.90. The van der Waals surface area contributed by atoms with Crippen LogP contribution in [0.2, 0.25) is 0 Å². The predicted molar refractivity (Wildman–Crippen MR) is 78.0 cm³/mol. The van der Waals surface area contributed by atoms with Gasteiger partial charge in [0.15, 0.2) is 0 Å². The summed E-state index contributed by atoms with van der Waals surface area (Å²) in [6.07, 6.45) is 5.80. The lowest BCUT2D eigenvalue weighted by molar-refractivity contribution is -0.147. The van der Waals surface area contributed by atoms with Crippen molar-refractivity contribution < 1.29 is 9.90 Å². The molecule has 2 unspecified atom stereocenters. The Morgan fingerprint density at radius 2 is 2.19 bits per heavy atom. The van der Waals surface area contributed by atoms with Crippen molar-refractivity contribution in [3.63, 3.8) is 0 Å². The zero-order valence-electron chi connectivity index (χ0n) is 12.8. The lowest BCUT2D eigenvalue weighted by Crippen LogP contribution is -2.55. The summed E-state index contributed by atoms with van der Waals surface area (Å²) >= 11 is 0. The summed E-state index contributed by atoms with van der Waals surface area (Å²) < 4.78 is 1.90. The van der Waals surface area contributed by atoms with Gasteiger partial charge in [-0.1, -0.05) is 6.42 Å². The third-order valence-corrected chi connectivity index (χ3v) is 4.89. The molecule has 2 aliphatic rings. The number of hydrogen-bond acceptors (Lipinski definition) is 4. The van der Waals surface area contributed by atoms with Gasteiger partial charge in [0.1, 0.15) is 17.2 Å². The fraction of sp³-hybridized carbons (Fsp3) is 0.800. The summed E-state index contributed by atoms with van der Waals surface area (Å²) in [7, 11) is 0. The molecule has 1 aromatic heterocycles. The highest BCUT2D eigenvalue weighted by Gasteiger charge is 2.51. The van der Waals surface area contributed by atoms with Gasteiger partial charge >= 0.3 is 5.97 Å². The quantitative estimate of drug-likeness (QED) is 0.833. The highest BCUT2D eigenvalue weighted by Crippen LogP contribution is 2.41. The number of carbonyl (C=O) groups is 1. The van der Waals surface area contributed by atoms with Crippen molar-refractivity contribution in [2.45, 2.75) is 70.5 Å². The Hall–Kier alpha value is -1.43. The van der Waals surface area contributed by atoms with E-state index in [1.807, 2.05) is 18.5 Å². The Bertz CT molecular complexity index is 538. The summed E-state index contributed by atoms with van der Waals surface area (Å²) in [5, 5.41) is 17.6. The van der Waals surface area contributed by atoms with Crippen LogP contribution in [0.1, 0.15) is 50.2 Å². The molecule has 2 aliphatic carbocycles. The molecular formula is C15H24N4O2. The second-order valence-electron chi connectivity index (χ2n) is 6.50. The molecule has 1 heterocycles. The number of rotatable bonds is 6. The maximum Gasteiger partial charge on any atom is 0.324 e. The highest BCUT2D eigenvalue weighted by atomic mass is 16.4. The van der Waals surface area contributed by atoms with Crippen LogP contribution in [-0.2, 0) is 11.3 Å². The Balaban J connectivity index is 1.70. The number of carboxylic acid groups (broad SMARTS) is 1. The van der Waals surface area contributed by atoms with Crippen LogP contribution in [0, 0.1) is 19.8 Å². The average Bonchev–Trinajstić information content (AvgIpc) is 3.03. The maximum absolute atomic E-state index is 11.9. The van der Waals surface area contributed by atoms with Gasteiger partial charge < -0.3 is 5.11 Å². The van der Waals surface area contributed by atoms with Crippen molar-refractivity contribution in [1.29, 1.82) is 0 Å². The van der Waals surface area contributed by atoms with Crippen LogP contribution in [0.5, 0.6) is 0 Å². The van der Waals surface area contributed by atoms with Crippen LogP contribution >= 0.6 is 0 Å². The topological polar surface area (TPSA) is 80.0 Å². The van der Waals surface area contributed by atoms with Gasteiger partial charge in [-0.2, -0.15) is 5.10 Å². The van der Waals surface area contributed by atoms with Crippen LogP contribution in [0.3, 0.4) is 0 Å². The van der Waals surface area contributed by atoms with E-state index in [-0.39, 0.29) is 5.92 Å². The Morgan fingerprint density at radius 3 is 2.76 bits per heavy atom. The summed E-state index contributed by atoms with van der Waals surface area (Å²) in [6, 6.07) is 0.414. The normalized spacial score (nSPS) is 29.0. The second kappa shape index (κ2) is 5.40. The Morgan fingerprint density at radius 1 is 1.43 bits per heavy atom. The number of aryl methyl sites for hydroxylation is 3. The number of aliphatic carboxylic acids is 1. The molecule has 0 amide bonds. The van der Waals surface area contributed by atoms with Gasteiger partial charge in [0.2, 0.25) is 0 Å². The van der Waals surface area contributed by atoms with E-state index < -0.39 is 11.5 Å². The van der Waals surface area contributed by atoms with Crippen LogP contribution in [0.25, 0.3) is 0 Å². The molecule has 21 heavy (non-hydrogen) atoms. The van der Waals surface area contributed by atoms with Crippen molar-refractivity contribution in [2.24, 2.45) is 5.92 Å². The fourth-order valence-corrected chi connectivity index (χ4v) is 3.65. The molecule has 2 atom stereocenters. The number of hydrogen-bond donors (Lipinski definition) is 2. The van der Waals surface area contributed by atoms with Crippen molar-refractivity contribution in [2.75, 3.05) is 0 Å². The number of aromatic nitrogens is 3. The zero-order chi connectivity index (χ0) is 15.0. The molecule has 0 saturated heterocycles. The minimum absolute atomic E-state index is 0.180. The standard InChI is InChI=1S/C15H24N4O2/c1-10-16-11(2)19(18-10)9-7-12-4-3-8-15(12,14(20)21)17-13-5-6-13/h12-13,17H,3-9H2,1-2H3,(H,20,21). The Kier molecular flexibility index (Phi) is 3.73. The third kappa shape index (κ3) is 2.81. The highest BCUT2D eigenvalue weighted by molar-refractivity contribution is 5.80. The van der Waals surface area contributed by atoms with E-state index in [1.165, 1.54) is 0 Å². The molecule has 2 saturated carbocycles. The van der Waals surface area contributed by atoms with Crippen LogP contribution in [-0.4, -0.2) is 37.4 Å². The molecule has 3 rings (SSSR count). The van der Waals surface area contributed by atoms with Crippen LogP contribution < -0.4 is 5.32 Å². The third-order valence-electron chi connectivity index (χ3n) is 4.89. The second-order valence-corrected chi connectivity index (χ2v) is 6.50. The van der Waals surface area contributed by atoms with Gasteiger partial charge in [0.25, 0.3) is 0 Å². The van der Waals surface area contributed by atoms with Crippen molar-refractivity contribution in [1.82, 2.24) is 20.1 Å². The maximum atomic E-state index is 11.9. The van der Waals surface area contributed by atoms with E-state index in [4.69, 9.17) is 0 Å². The summed E-state index contributed by atoms with van der Waals surface area (Å²) in [5.74, 6) is 1.18. The van der Waals surface area contributed by atoms with E-state index in [0.29, 0.717) is 6.04 Å². The lowest BCUT2D eigenvalue weighted by Gasteiger charge is -2.32. The molecular weight excluding hydrogens is 268 g/mol. The SMILES string of the molecule is Cc1nc(C)n(CCC2CCCC2(NC2CC2)C(=O)O)n1. The van der Waals surface area contributed by atoms with E-state index in [9.17, 15) is 9.90 Å². The molecule has 6 heteroatoms. The number of carboxylic acids is 1. The molecule has 0 radical (unpaired) electrons. The summed E-state index contributed by atoms with van der Waals surface area (Å²) in [4.78, 5) is 16.2. The monoisotopic (exact) mass is 292 g/mol. The van der Waals surface area contributed by atoms with Gasteiger partial charge in [-0.25, -0.2) is 4.98 Å². The molecule has 0 spiro atoms. The molecule has 0 aromatic carbocycles. The van der Waals surface area contributed by atoms with Gasteiger partial charge in [-0.3, -0.25) is 14.8 Å². The van der Waals surface area contributed by atoms with Gasteiger partial charge in [-0.05, 0) is 51.9 Å². The van der Waals surface area contributed by atoms with E-state index in [1.54, 1.807) is 0 Å². The lowest BCUT2D eigenvalue weighted by atomic mass is 9.84. The van der Waals surface area contributed by atoms with Gasteiger partial charge in [-0.15, -0.1) is 0 Å². The molecule has 2 fully saturated rings.